The third-order valence-electron chi connectivity index (χ3n) is 5.34. The highest BCUT2D eigenvalue weighted by atomic mass is 16.5. The van der Waals surface area contributed by atoms with Gasteiger partial charge >= 0.3 is 0 Å². The van der Waals surface area contributed by atoms with E-state index in [1.165, 1.54) is 0 Å². The van der Waals surface area contributed by atoms with Gasteiger partial charge in [0.15, 0.2) is 0 Å². The Hall–Kier alpha value is -2.60. The van der Waals surface area contributed by atoms with Gasteiger partial charge in [-0.2, -0.15) is 0 Å². The van der Waals surface area contributed by atoms with Gasteiger partial charge in [-0.05, 0) is 37.3 Å². The van der Waals surface area contributed by atoms with E-state index in [1.807, 2.05) is 30.5 Å². The van der Waals surface area contributed by atoms with E-state index >= 15 is 0 Å². The van der Waals surface area contributed by atoms with Crippen molar-refractivity contribution in [1.82, 2.24) is 14.4 Å². The van der Waals surface area contributed by atoms with Crippen LogP contribution in [0.3, 0.4) is 0 Å². The first-order valence-electron chi connectivity index (χ1n) is 9.67. The van der Waals surface area contributed by atoms with Crippen molar-refractivity contribution in [3.63, 3.8) is 0 Å². The average molecular weight is 366 g/mol. The number of aliphatic hydroxyl groups is 1. The van der Waals surface area contributed by atoms with Gasteiger partial charge in [-0.15, -0.1) is 0 Å². The Bertz CT molecular complexity index is 931. The van der Waals surface area contributed by atoms with Crippen LogP contribution < -0.4 is 10.5 Å². The highest BCUT2D eigenvalue weighted by Crippen LogP contribution is 2.43. The van der Waals surface area contributed by atoms with Crippen molar-refractivity contribution in [3.8, 4) is 17.0 Å². The molecule has 1 saturated carbocycles. The van der Waals surface area contributed by atoms with Crippen LogP contribution in [0.2, 0.25) is 0 Å². The first-order chi connectivity index (χ1) is 13.2. The molecule has 0 bridgehead atoms. The Balaban J connectivity index is 1.73. The van der Waals surface area contributed by atoms with Crippen molar-refractivity contribution in [2.24, 2.45) is 5.92 Å². The number of imidazole rings is 1. The molecule has 27 heavy (non-hydrogen) atoms. The summed E-state index contributed by atoms with van der Waals surface area (Å²) in [5, 5.41) is 9.34. The van der Waals surface area contributed by atoms with Gasteiger partial charge in [0.2, 0.25) is 0 Å². The molecular weight excluding hydrogens is 340 g/mol. The molecule has 0 radical (unpaired) electrons. The van der Waals surface area contributed by atoms with E-state index in [4.69, 9.17) is 15.5 Å². The van der Waals surface area contributed by atoms with Gasteiger partial charge in [0.05, 0.1) is 6.61 Å². The Labute approximate surface area is 159 Å². The number of anilines is 1. The van der Waals surface area contributed by atoms with Crippen LogP contribution in [0.15, 0.2) is 36.7 Å². The molecule has 0 spiro atoms. The minimum atomic E-state index is 0.244. The van der Waals surface area contributed by atoms with Gasteiger partial charge in [0.1, 0.15) is 28.6 Å². The minimum Gasteiger partial charge on any atom is -0.494 e. The van der Waals surface area contributed by atoms with Gasteiger partial charge in [-0.1, -0.05) is 25.5 Å². The molecule has 1 aromatic carbocycles. The molecule has 3 N–H and O–H groups in total. The Kier molecular flexibility index (Phi) is 4.99. The fourth-order valence-corrected chi connectivity index (χ4v) is 3.74. The first kappa shape index (κ1) is 17.8. The summed E-state index contributed by atoms with van der Waals surface area (Å²) in [6, 6.07) is 8.00. The van der Waals surface area contributed by atoms with Crippen LogP contribution in [0.25, 0.3) is 16.8 Å². The Morgan fingerprint density at radius 1 is 1.33 bits per heavy atom. The van der Waals surface area contributed by atoms with Crippen molar-refractivity contribution in [2.75, 3.05) is 18.9 Å². The number of nitrogen functional groups attached to an aromatic ring is 1. The second-order valence-electron chi connectivity index (χ2n) is 7.30. The molecule has 0 aliphatic heterocycles. The maximum absolute atomic E-state index is 9.34. The molecule has 4 rings (SSSR count). The van der Waals surface area contributed by atoms with Crippen LogP contribution in [0.4, 0.5) is 5.82 Å². The lowest BCUT2D eigenvalue weighted by Crippen LogP contribution is -2.26. The summed E-state index contributed by atoms with van der Waals surface area (Å²) in [6.45, 7) is 3.10. The number of fused-ring (bicyclic) bond motifs is 1. The molecule has 0 amide bonds. The highest BCUT2D eigenvalue weighted by molar-refractivity contribution is 5.85. The van der Waals surface area contributed by atoms with Gasteiger partial charge in [0, 0.05) is 30.5 Å². The van der Waals surface area contributed by atoms with Gasteiger partial charge < -0.3 is 15.6 Å². The topological polar surface area (TPSA) is 85.7 Å². The lowest BCUT2D eigenvalue weighted by Gasteiger charge is -2.32. The molecule has 1 aliphatic rings. The predicted octanol–water partition coefficient (Wildman–Crippen LogP) is 3.64. The molecule has 2 heterocycles. The Morgan fingerprint density at radius 2 is 2.19 bits per heavy atom. The number of unbranched alkanes of at least 4 members (excludes halogenated alkanes) is 1. The normalized spacial score (nSPS) is 19.2. The predicted molar refractivity (Wildman–Crippen MR) is 106 cm³/mol. The number of ether oxygens (including phenoxy) is 1. The maximum atomic E-state index is 9.34. The third-order valence-corrected chi connectivity index (χ3v) is 5.34. The number of aromatic nitrogens is 3. The first-order valence-corrected chi connectivity index (χ1v) is 9.67. The fraction of sp³-hybridized carbons (Fsp3) is 0.429. The lowest BCUT2D eigenvalue weighted by molar-refractivity contribution is 0.138. The van der Waals surface area contributed by atoms with E-state index in [2.05, 4.69) is 16.3 Å². The summed E-state index contributed by atoms with van der Waals surface area (Å²) < 4.78 is 7.91. The van der Waals surface area contributed by atoms with Crippen molar-refractivity contribution in [3.05, 3.63) is 42.5 Å². The molecule has 3 aromatic rings. The lowest BCUT2D eigenvalue weighted by atomic mass is 9.75. The number of hydrogen-bond donors (Lipinski definition) is 2. The number of hydrogen-bond acceptors (Lipinski definition) is 5. The standard InChI is InChI=1S/C21H26N4O2/c1-2-3-9-27-17-6-4-5-15(12-17)18-19-20(22)23-7-8-25(19)21(24-18)16-10-14(11-16)13-26/h4-8,12,14,16,26H,2-3,9-11,13H2,1H3,(H2,22,23). The SMILES string of the molecule is CCCCOc1cccc(-c2nc(C3CC(CO)C3)n3ccnc(N)c23)c1. The van der Waals surface area contributed by atoms with E-state index in [1.54, 1.807) is 6.20 Å². The molecule has 6 nitrogen and oxygen atoms in total. The molecule has 0 unspecified atom stereocenters. The molecule has 142 valence electrons. The molecule has 0 saturated heterocycles. The second kappa shape index (κ2) is 7.56. The molecule has 1 fully saturated rings. The smallest absolute Gasteiger partial charge is 0.150 e. The zero-order valence-electron chi connectivity index (χ0n) is 15.6. The largest absolute Gasteiger partial charge is 0.494 e. The Morgan fingerprint density at radius 3 is 2.96 bits per heavy atom. The van der Waals surface area contributed by atoms with E-state index < -0.39 is 0 Å². The minimum absolute atomic E-state index is 0.244. The van der Waals surface area contributed by atoms with Crippen molar-refractivity contribution in [2.45, 2.75) is 38.5 Å². The highest BCUT2D eigenvalue weighted by Gasteiger charge is 2.33. The number of aliphatic hydroxyl groups excluding tert-OH is 1. The molecular formula is C21H26N4O2. The zero-order chi connectivity index (χ0) is 18.8. The van der Waals surface area contributed by atoms with Crippen molar-refractivity contribution >= 4 is 11.3 Å². The van der Waals surface area contributed by atoms with Crippen molar-refractivity contribution < 1.29 is 9.84 Å². The third kappa shape index (κ3) is 3.37. The van der Waals surface area contributed by atoms with Crippen LogP contribution in [0.5, 0.6) is 5.75 Å². The second-order valence-corrected chi connectivity index (χ2v) is 7.30. The van der Waals surface area contributed by atoms with Gasteiger partial charge in [0.25, 0.3) is 0 Å². The number of nitrogens with two attached hydrogens (primary N) is 1. The number of rotatable bonds is 7. The van der Waals surface area contributed by atoms with Crippen molar-refractivity contribution in [1.29, 1.82) is 0 Å². The summed E-state index contributed by atoms with van der Waals surface area (Å²) in [5.41, 5.74) is 8.87. The summed E-state index contributed by atoms with van der Waals surface area (Å²) in [7, 11) is 0. The van der Waals surface area contributed by atoms with Crippen LogP contribution in [-0.4, -0.2) is 32.7 Å². The fourth-order valence-electron chi connectivity index (χ4n) is 3.74. The van der Waals surface area contributed by atoms with Crippen LogP contribution in [-0.2, 0) is 0 Å². The quantitative estimate of drug-likeness (QED) is 0.624. The monoisotopic (exact) mass is 366 g/mol. The maximum Gasteiger partial charge on any atom is 0.150 e. The van der Waals surface area contributed by atoms with Gasteiger partial charge in [-0.3, -0.25) is 4.40 Å². The molecule has 0 atom stereocenters. The van der Waals surface area contributed by atoms with E-state index in [-0.39, 0.29) is 6.61 Å². The number of benzene rings is 1. The summed E-state index contributed by atoms with van der Waals surface area (Å²) in [4.78, 5) is 9.22. The number of nitrogens with zero attached hydrogens (tertiary/aromatic N) is 3. The van der Waals surface area contributed by atoms with E-state index in [0.29, 0.717) is 24.3 Å². The van der Waals surface area contributed by atoms with Crippen LogP contribution in [0.1, 0.15) is 44.3 Å². The molecule has 1 aliphatic carbocycles. The van der Waals surface area contributed by atoms with Crippen LogP contribution in [0, 0.1) is 5.92 Å². The summed E-state index contributed by atoms with van der Waals surface area (Å²) >= 11 is 0. The average Bonchev–Trinajstić information content (AvgIpc) is 3.02. The summed E-state index contributed by atoms with van der Waals surface area (Å²) in [6.07, 6.45) is 7.68. The van der Waals surface area contributed by atoms with E-state index in [0.717, 1.165) is 54.0 Å². The summed E-state index contributed by atoms with van der Waals surface area (Å²) in [5.74, 6) is 3.03. The molecule has 6 heteroatoms. The van der Waals surface area contributed by atoms with E-state index in [9.17, 15) is 5.11 Å². The molecule has 2 aromatic heterocycles. The van der Waals surface area contributed by atoms with Crippen LogP contribution >= 0.6 is 0 Å². The zero-order valence-corrected chi connectivity index (χ0v) is 15.6. The van der Waals surface area contributed by atoms with Gasteiger partial charge in [-0.25, -0.2) is 9.97 Å².